The van der Waals surface area contributed by atoms with Crippen LogP contribution in [0.5, 0.6) is 0 Å². The Hall–Kier alpha value is -0.750. The Labute approximate surface area is 136 Å². The van der Waals surface area contributed by atoms with Crippen molar-refractivity contribution in [2.45, 2.75) is 10.2 Å². The van der Waals surface area contributed by atoms with Gasteiger partial charge in [0.1, 0.15) is 4.90 Å². The first-order valence-corrected chi connectivity index (χ1v) is 8.91. The molecular weight excluding hydrogens is 385 g/mol. The van der Waals surface area contributed by atoms with Gasteiger partial charge in [0.15, 0.2) is 0 Å². The van der Waals surface area contributed by atoms with Gasteiger partial charge in [-0.2, -0.15) is 0 Å². The van der Waals surface area contributed by atoms with Gasteiger partial charge in [-0.25, -0.2) is 8.42 Å². The first-order valence-electron chi connectivity index (χ1n) is 5.55. The maximum atomic E-state index is 12.3. The van der Waals surface area contributed by atoms with Gasteiger partial charge in [-0.05, 0) is 35.9 Å². The lowest BCUT2D eigenvalue weighted by atomic mass is 10.2. The summed E-state index contributed by atoms with van der Waals surface area (Å²) in [7, 11) is -3.77. The Bertz CT molecular complexity index is 735. The topological polar surface area (TPSA) is 46.2 Å². The lowest BCUT2D eigenvalue weighted by Gasteiger charge is -2.10. The highest BCUT2D eigenvalue weighted by atomic mass is 79.9. The predicted molar refractivity (Wildman–Crippen MR) is 86.3 cm³/mol. The van der Waals surface area contributed by atoms with Crippen LogP contribution in [-0.2, 0) is 15.4 Å². The average molecular weight is 395 g/mol. The van der Waals surface area contributed by atoms with Crippen molar-refractivity contribution in [2.24, 2.45) is 0 Å². The maximum Gasteiger partial charge on any atom is 0.263 e. The van der Waals surface area contributed by atoms with Gasteiger partial charge in [0, 0.05) is 16.0 Å². The Kier molecular flexibility index (Phi) is 4.96. The lowest BCUT2D eigenvalue weighted by Crippen LogP contribution is -2.13. The van der Waals surface area contributed by atoms with Gasteiger partial charge in [0.25, 0.3) is 10.0 Å². The summed E-state index contributed by atoms with van der Waals surface area (Å²) in [5, 5.41) is 1.07. The summed E-state index contributed by atoms with van der Waals surface area (Å²) in [6.45, 7) is 0. The molecule has 2 aromatic carbocycles. The summed E-state index contributed by atoms with van der Waals surface area (Å²) >= 11 is 15.1. The lowest BCUT2D eigenvalue weighted by molar-refractivity contribution is 0.601. The zero-order valence-corrected chi connectivity index (χ0v) is 14.0. The molecule has 0 spiro atoms. The largest absolute Gasteiger partial charge is 0.280 e. The highest BCUT2D eigenvalue weighted by molar-refractivity contribution is 9.08. The minimum Gasteiger partial charge on any atom is -0.280 e. The van der Waals surface area contributed by atoms with Crippen molar-refractivity contribution in [3.63, 3.8) is 0 Å². The number of anilines is 1. The fraction of sp³-hybridized carbons (Fsp3) is 0.0769. The number of hydrogen-bond donors (Lipinski definition) is 1. The molecule has 2 aromatic rings. The molecular formula is C13H10BrCl2NO2S. The molecule has 0 fully saturated rings. The van der Waals surface area contributed by atoms with Gasteiger partial charge in [0.2, 0.25) is 0 Å². The third kappa shape index (κ3) is 3.67. The number of alkyl halides is 1. The molecule has 0 saturated heterocycles. The van der Waals surface area contributed by atoms with Crippen LogP contribution in [0.3, 0.4) is 0 Å². The van der Waals surface area contributed by atoms with E-state index in [0.29, 0.717) is 16.0 Å². The number of sulfonamides is 1. The Balaban J connectivity index is 2.38. The van der Waals surface area contributed by atoms with Crippen molar-refractivity contribution >= 4 is 54.8 Å². The number of halogens is 3. The zero-order valence-electron chi connectivity index (χ0n) is 10.1. The molecule has 0 amide bonds. The van der Waals surface area contributed by atoms with Crippen LogP contribution in [0.4, 0.5) is 5.69 Å². The molecule has 0 saturated carbocycles. The van der Waals surface area contributed by atoms with Crippen LogP contribution in [0.25, 0.3) is 0 Å². The second-order valence-corrected chi connectivity index (χ2v) is 7.07. The van der Waals surface area contributed by atoms with Crippen LogP contribution >= 0.6 is 39.1 Å². The molecule has 0 heterocycles. The van der Waals surface area contributed by atoms with Gasteiger partial charge < -0.3 is 0 Å². The van der Waals surface area contributed by atoms with Crippen LogP contribution in [0.15, 0.2) is 47.4 Å². The summed E-state index contributed by atoms with van der Waals surface area (Å²) in [5.41, 5.74) is 1.43. The molecule has 0 radical (unpaired) electrons. The second kappa shape index (κ2) is 6.35. The minimum atomic E-state index is -3.77. The first kappa shape index (κ1) is 15.6. The van der Waals surface area contributed by atoms with E-state index in [9.17, 15) is 8.42 Å². The van der Waals surface area contributed by atoms with Crippen LogP contribution < -0.4 is 4.72 Å². The Morgan fingerprint density at radius 3 is 2.55 bits per heavy atom. The van der Waals surface area contributed by atoms with Crippen molar-refractivity contribution in [3.8, 4) is 0 Å². The number of nitrogens with one attached hydrogen (secondary N) is 1. The van der Waals surface area contributed by atoms with E-state index in [-0.39, 0.29) is 9.92 Å². The molecule has 0 aromatic heterocycles. The molecule has 0 atom stereocenters. The fourth-order valence-electron chi connectivity index (χ4n) is 1.61. The van der Waals surface area contributed by atoms with Crippen molar-refractivity contribution in [1.82, 2.24) is 0 Å². The molecule has 1 N–H and O–H groups in total. The van der Waals surface area contributed by atoms with E-state index >= 15 is 0 Å². The molecule has 106 valence electrons. The van der Waals surface area contributed by atoms with E-state index in [0.717, 1.165) is 5.56 Å². The standard InChI is InChI=1S/C13H10BrCl2NO2S/c14-8-9-2-1-3-11(6-9)17-20(18,19)13-7-10(15)4-5-12(13)16/h1-7,17H,8H2. The van der Waals surface area contributed by atoms with E-state index in [1.165, 1.54) is 18.2 Å². The number of benzene rings is 2. The maximum absolute atomic E-state index is 12.3. The van der Waals surface area contributed by atoms with Crippen LogP contribution in [0, 0.1) is 0 Å². The highest BCUT2D eigenvalue weighted by Crippen LogP contribution is 2.27. The molecule has 3 nitrogen and oxygen atoms in total. The second-order valence-electron chi connectivity index (χ2n) is 4.01. The Morgan fingerprint density at radius 2 is 1.85 bits per heavy atom. The molecule has 7 heteroatoms. The van der Waals surface area contributed by atoms with Crippen molar-refractivity contribution < 1.29 is 8.42 Å². The van der Waals surface area contributed by atoms with Gasteiger partial charge in [0.05, 0.1) is 5.02 Å². The molecule has 0 unspecified atom stereocenters. The highest BCUT2D eigenvalue weighted by Gasteiger charge is 2.18. The normalized spacial score (nSPS) is 11.3. The van der Waals surface area contributed by atoms with E-state index < -0.39 is 10.0 Å². The quantitative estimate of drug-likeness (QED) is 0.764. The summed E-state index contributed by atoms with van der Waals surface area (Å²) in [4.78, 5) is -0.0455. The van der Waals surface area contributed by atoms with E-state index in [1.54, 1.807) is 18.2 Å². The van der Waals surface area contributed by atoms with Crippen LogP contribution in [-0.4, -0.2) is 8.42 Å². The van der Waals surface area contributed by atoms with Crippen molar-refractivity contribution in [1.29, 1.82) is 0 Å². The van der Waals surface area contributed by atoms with Crippen molar-refractivity contribution in [2.75, 3.05) is 4.72 Å². The minimum absolute atomic E-state index is 0.0455. The monoisotopic (exact) mass is 393 g/mol. The van der Waals surface area contributed by atoms with Gasteiger partial charge in [-0.15, -0.1) is 0 Å². The SMILES string of the molecule is O=S(=O)(Nc1cccc(CBr)c1)c1cc(Cl)ccc1Cl. The molecule has 0 aliphatic heterocycles. The first-order chi connectivity index (χ1) is 9.42. The van der Waals surface area contributed by atoms with Gasteiger partial charge >= 0.3 is 0 Å². The summed E-state index contributed by atoms with van der Waals surface area (Å²) in [5.74, 6) is 0. The summed E-state index contributed by atoms with van der Waals surface area (Å²) in [6, 6.07) is 11.4. The smallest absolute Gasteiger partial charge is 0.263 e. The average Bonchev–Trinajstić information content (AvgIpc) is 2.41. The summed E-state index contributed by atoms with van der Waals surface area (Å²) in [6.07, 6.45) is 0. The van der Waals surface area contributed by atoms with Crippen LogP contribution in [0.1, 0.15) is 5.56 Å². The van der Waals surface area contributed by atoms with Gasteiger partial charge in [-0.3, -0.25) is 4.72 Å². The van der Waals surface area contributed by atoms with E-state index in [4.69, 9.17) is 23.2 Å². The summed E-state index contributed by atoms with van der Waals surface area (Å²) < 4.78 is 27.1. The molecule has 0 aliphatic carbocycles. The van der Waals surface area contributed by atoms with Crippen LogP contribution in [0.2, 0.25) is 10.0 Å². The molecule has 2 rings (SSSR count). The molecule has 0 bridgehead atoms. The van der Waals surface area contributed by atoms with Crippen molar-refractivity contribution in [3.05, 3.63) is 58.1 Å². The number of hydrogen-bond acceptors (Lipinski definition) is 2. The third-order valence-electron chi connectivity index (χ3n) is 2.52. The van der Waals surface area contributed by atoms with E-state index in [2.05, 4.69) is 20.7 Å². The molecule has 20 heavy (non-hydrogen) atoms. The molecule has 0 aliphatic rings. The Morgan fingerprint density at radius 1 is 1.10 bits per heavy atom. The fourth-order valence-corrected chi connectivity index (χ4v) is 3.77. The number of rotatable bonds is 4. The zero-order chi connectivity index (χ0) is 14.8. The predicted octanol–water partition coefficient (Wildman–Crippen LogP) is 4.69. The van der Waals surface area contributed by atoms with Gasteiger partial charge in [-0.1, -0.05) is 51.3 Å². The van der Waals surface area contributed by atoms with E-state index in [1.807, 2.05) is 6.07 Å². The third-order valence-corrected chi connectivity index (χ3v) is 5.26.